The van der Waals surface area contributed by atoms with Crippen molar-refractivity contribution in [1.29, 1.82) is 0 Å². The van der Waals surface area contributed by atoms with Crippen LogP contribution >= 0.6 is 0 Å². The van der Waals surface area contributed by atoms with Crippen LogP contribution in [0.25, 0.3) is 6.08 Å². The standard InChI is InChI=1S/C8H9N3/c1-3-7-5-10-11-6-8(7)9-4-2/h3-6H,1H2,2H3. The van der Waals surface area contributed by atoms with Gasteiger partial charge in [0.1, 0.15) is 0 Å². The van der Waals surface area contributed by atoms with Crippen molar-refractivity contribution < 1.29 is 0 Å². The summed E-state index contributed by atoms with van der Waals surface area (Å²) in [5, 5.41) is 7.40. The van der Waals surface area contributed by atoms with Gasteiger partial charge in [-0.2, -0.15) is 10.2 Å². The van der Waals surface area contributed by atoms with Crippen molar-refractivity contribution in [3.63, 3.8) is 0 Å². The summed E-state index contributed by atoms with van der Waals surface area (Å²) >= 11 is 0. The Morgan fingerprint density at radius 1 is 1.45 bits per heavy atom. The first-order valence-electron chi connectivity index (χ1n) is 3.30. The molecule has 56 valence electrons. The highest BCUT2D eigenvalue weighted by atomic mass is 15.1. The quantitative estimate of drug-likeness (QED) is 0.598. The Kier molecular flexibility index (Phi) is 2.49. The van der Waals surface area contributed by atoms with Crippen molar-refractivity contribution in [2.24, 2.45) is 4.99 Å². The molecule has 0 aliphatic rings. The normalized spacial score (nSPS) is 10.3. The molecule has 0 aromatic carbocycles. The summed E-state index contributed by atoms with van der Waals surface area (Å²) in [6.07, 6.45) is 6.66. The minimum Gasteiger partial charge on any atom is -0.259 e. The summed E-state index contributed by atoms with van der Waals surface area (Å²) in [5.41, 5.74) is 1.70. The Bertz CT molecular complexity index is 278. The summed E-state index contributed by atoms with van der Waals surface area (Å²) in [4.78, 5) is 4.08. The minimum atomic E-state index is 0.803. The summed E-state index contributed by atoms with van der Waals surface area (Å²) in [7, 11) is 0. The lowest BCUT2D eigenvalue weighted by Gasteiger charge is -1.94. The van der Waals surface area contributed by atoms with E-state index in [9.17, 15) is 0 Å². The number of hydrogen-bond acceptors (Lipinski definition) is 3. The molecule has 0 amide bonds. The van der Waals surface area contributed by atoms with E-state index >= 15 is 0 Å². The van der Waals surface area contributed by atoms with Crippen molar-refractivity contribution in [1.82, 2.24) is 10.2 Å². The second-order valence-corrected chi connectivity index (χ2v) is 1.92. The fraction of sp³-hybridized carbons (Fsp3) is 0.125. The molecule has 0 aliphatic heterocycles. The molecule has 0 saturated carbocycles. The first-order valence-corrected chi connectivity index (χ1v) is 3.30. The van der Waals surface area contributed by atoms with E-state index in [1.807, 2.05) is 6.92 Å². The lowest BCUT2D eigenvalue weighted by molar-refractivity contribution is 1.02. The Hall–Kier alpha value is -1.51. The highest BCUT2D eigenvalue weighted by Gasteiger charge is 1.94. The lowest BCUT2D eigenvalue weighted by Crippen LogP contribution is -1.81. The van der Waals surface area contributed by atoms with E-state index in [0.717, 1.165) is 11.3 Å². The molecule has 3 nitrogen and oxygen atoms in total. The smallest absolute Gasteiger partial charge is 0.0915 e. The number of nitrogens with zero attached hydrogens (tertiary/aromatic N) is 3. The van der Waals surface area contributed by atoms with E-state index in [4.69, 9.17) is 0 Å². The lowest BCUT2D eigenvalue weighted by atomic mass is 10.3. The van der Waals surface area contributed by atoms with E-state index in [1.54, 1.807) is 24.7 Å². The average Bonchev–Trinajstić information content (AvgIpc) is 2.06. The maximum absolute atomic E-state index is 4.08. The van der Waals surface area contributed by atoms with Gasteiger partial charge in [-0.05, 0) is 6.92 Å². The van der Waals surface area contributed by atoms with Gasteiger partial charge in [-0.1, -0.05) is 12.7 Å². The molecule has 0 unspecified atom stereocenters. The summed E-state index contributed by atoms with van der Waals surface area (Å²) in [5.74, 6) is 0. The fourth-order valence-electron chi connectivity index (χ4n) is 0.728. The predicted molar refractivity (Wildman–Crippen MR) is 45.9 cm³/mol. The molecule has 0 radical (unpaired) electrons. The number of hydrogen-bond donors (Lipinski definition) is 0. The van der Waals surface area contributed by atoms with E-state index in [0.29, 0.717) is 0 Å². The van der Waals surface area contributed by atoms with Gasteiger partial charge in [0.25, 0.3) is 0 Å². The van der Waals surface area contributed by atoms with Gasteiger partial charge in [0.15, 0.2) is 0 Å². The van der Waals surface area contributed by atoms with E-state index < -0.39 is 0 Å². The van der Waals surface area contributed by atoms with Gasteiger partial charge in [-0.3, -0.25) is 4.99 Å². The zero-order valence-electron chi connectivity index (χ0n) is 6.36. The fourth-order valence-corrected chi connectivity index (χ4v) is 0.728. The highest BCUT2D eigenvalue weighted by Crippen LogP contribution is 2.15. The van der Waals surface area contributed by atoms with Crippen LogP contribution in [-0.2, 0) is 0 Å². The molecule has 11 heavy (non-hydrogen) atoms. The van der Waals surface area contributed by atoms with Gasteiger partial charge in [-0.25, -0.2) is 0 Å². The Morgan fingerprint density at radius 2 is 2.18 bits per heavy atom. The summed E-state index contributed by atoms with van der Waals surface area (Å²) in [6.45, 7) is 5.49. The van der Waals surface area contributed by atoms with Crippen molar-refractivity contribution in [3.8, 4) is 0 Å². The van der Waals surface area contributed by atoms with Crippen LogP contribution in [-0.4, -0.2) is 16.4 Å². The molecule has 1 aromatic heterocycles. The third kappa shape index (κ3) is 1.70. The Labute approximate surface area is 65.5 Å². The molecule has 0 spiro atoms. The van der Waals surface area contributed by atoms with Gasteiger partial charge in [-0.15, -0.1) is 0 Å². The molecule has 0 saturated heterocycles. The molecule has 0 fully saturated rings. The molecule has 3 heteroatoms. The number of rotatable bonds is 2. The zero-order valence-corrected chi connectivity index (χ0v) is 6.36. The highest BCUT2D eigenvalue weighted by molar-refractivity contribution is 5.67. The molecule has 0 bridgehead atoms. The van der Waals surface area contributed by atoms with E-state index in [-0.39, 0.29) is 0 Å². The van der Waals surface area contributed by atoms with Gasteiger partial charge >= 0.3 is 0 Å². The van der Waals surface area contributed by atoms with Gasteiger partial charge in [0.05, 0.1) is 18.1 Å². The maximum Gasteiger partial charge on any atom is 0.0915 e. The van der Waals surface area contributed by atoms with Crippen LogP contribution < -0.4 is 0 Å². The largest absolute Gasteiger partial charge is 0.259 e. The third-order valence-corrected chi connectivity index (χ3v) is 1.23. The maximum atomic E-state index is 4.08. The molecule has 1 rings (SSSR count). The van der Waals surface area contributed by atoms with Crippen LogP contribution in [0.1, 0.15) is 12.5 Å². The van der Waals surface area contributed by atoms with Gasteiger partial charge < -0.3 is 0 Å². The summed E-state index contributed by atoms with van der Waals surface area (Å²) in [6, 6.07) is 0. The average molecular weight is 147 g/mol. The van der Waals surface area contributed by atoms with Crippen molar-refractivity contribution in [2.75, 3.05) is 0 Å². The summed E-state index contributed by atoms with van der Waals surface area (Å²) < 4.78 is 0. The molecule has 0 atom stereocenters. The van der Waals surface area contributed by atoms with Crippen LogP contribution in [0.2, 0.25) is 0 Å². The third-order valence-electron chi connectivity index (χ3n) is 1.23. The molecule has 1 aromatic rings. The molecular formula is C8H9N3. The first kappa shape index (κ1) is 7.60. The SMILES string of the molecule is C=Cc1cnncc1N=CC. The molecule has 0 aliphatic carbocycles. The number of aliphatic imine (C=N–C) groups is 1. The van der Waals surface area contributed by atoms with Crippen molar-refractivity contribution in [3.05, 3.63) is 24.5 Å². The Morgan fingerprint density at radius 3 is 2.82 bits per heavy atom. The second-order valence-electron chi connectivity index (χ2n) is 1.92. The van der Waals surface area contributed by atoms with Crippen LogP contribution in [0.5, 0.6) is 0 Å². The number of aromatic nitrogens is 2. The van der Waals surface area contributed by atoms with Crippen LogP contribution in [0.3, 0.4) is 0 Å². The van der Waals surface area contributed by atoms with Gasteiger partial charge in [0, 0.05) is 11.8 Å². The molecule has 1 heterocycles. The Balaban J connectivity index is 3.11. The van der Waals surface area contributed by atoms with E-state index in [2.05, 4.69) is 21.8 Å². The molecule has 0 N–H and O–H groups in total. The molecular weight excluding hydrogens is 138 g/mol. The van der Waals surface area contributed by atoms with Crippen molar-refractivity contribution in [2.45, 2.75) is 6.92 Å². The zero-order chi connectivity index (χ0) is 8.10. The van der Waals surface area contributed by atoms with Gasteiger partial charge in [0.2, 0.25) is 0 Å². The first-order chi connectivity index (χ1) is 5.38. The van der Waals surface area contributed by atoms with Crippen LogP contribution in [0.15, 0.2) is 24.0 Å². The monoisotopic (exact) mass is 147 g/mol. The van der Waals surface area contributed by atoms with Crippen LogP contribution in [0, 0.1) is 0 Å². The second kappa shape index (κ2) is 3.61. The minimum absolute atomic E-state index is 0.803. The topological polar surface area (TPSA) is 38.1 Å². The van der Waals surface area contributed by atoms with Crippen LogP contribution in [0.4, 0.5) is 5.69 Å². The van der Waals surface area contributed by atoms with Crippen molar-refractivity contribution >= 4 is 18.0 Å². The van der Waals surface area contributed by atoms with E-state index in [1.165, 1.54) is 0 Å². The predicted octanol–water partition coefficient (Wildman–Crippen LogP) is 1.84.